The molecule has 2 aliphatic rings. The van der Waals surface area contributed by atoms with Gasteiger partial charge in [0, 0.05) is 12.6 Å². The normalized spacial score (nSPS) is 28.6. The average molecular weight is 226 g/mol. The topological polar surface area (TPSA) is 50.4 Å². The van der Waals surface area contributed by atoms with Crippen LogP contribution >= 0.6 is 0 Å². The fraction of sp³-hybridized carbons (Fsp3) is 0.917. The predicted octanol–water partition coefficient (Wildman–Crippen LogP) is 0.670. The van der Waals surface area contributed by atoms with Gasteiger partial charge in [0.25, 0.3) is 0 Å². The monoisotopic (exact) mass is 226 g/mol. The summed E-state index contributed by atoms with van der Waals surface area (Å²) >= 11 is 0. The summed E-state index contributed by atoms with van der Waals surface area (Å²) < 4.78 is 5.44. The first-order valence-electron chi connectivity index (χ1n) is 6.39. The van der Waals surface area contributed by atoms with Gasteiger partial charge in [0.15, 0.2) is 0 Å². The van der Waals surface area contributed by atoms with Crippen LogP contribution in [0.4, 0.5) is 0 Å². The Hall–Kier alpha value is -0.610. The van der Waals surface area contributed by atoms with Gasteiger partial charge in [0.1, 0.15) is 0 Å². The van der Waals surface area contributed by atoms with Gasteiger partial charge in [-0.2, -0.15) is 0 Å². The van der Waals surface area contributed by atoms with E-state index in [2.05, 4.69) is 10.6 Å². The van der Waals surface area contributed by atoms with Crippen LogP contribution in [0.25, 0.3) is 0 Å². The van der Waals surface area contributed by atoms with E-state index < -0.39 is 0 Å². The van der Waals surface area contributed by atoms with Crippen molar-refractivity contribution in [1.82, 2.24) is 10.6 Å². The lowest BCUT2D eigenvalue weighted by atomic mass is 9.89. The van der Waals surface area contributed by atoms with E-state index in [4.69, 9.17) is 4.74 Å². The molecular weight excluding hydrogens is 204 g/mol. The van der Waals surface area contributed by atoms with E-state index in [1.165, 1.54) is 12.8 Å². The minimum Gasteiger partial charge on any atom is -0.378 e. The Kier molecular flexibility index (Phi) is 4.18. The largest absolute Gasteiger partial charge is 0.378 e. The van der Waals surface area contributed by atoms with Gasteiger partial charge in [-0.05, 0) is 45.1 Å². The highest BCUT2D eigenvalue weighted by molar-refractivity contribution is 5.78. The second-order valence-electron chi connectivity index (χ2n) is 4.89. The molecule has 0 aromatic rings. The van der Waals surface area contributed by atoms with Crippen molar-refractivity contribution in [3.05, 3.63) is 0 Å². The number of amides is 1. The standard InChI is InChI=1S/C12H22N2O2/c1-2-16-11-5-10(6-11)14-12(15)8-13-7-9-3-4-9/h9-11,13H,2-8H2,1H3,(H,14,15). The first-order chi connectivity index (χ1) is 7.78. The van der Waals surface area contributed by atoms with Crippen LogP contribution in [0.2, 0.25) is 0 Å². The van der Waals surface area contributed by atoms with Gasteiger partial charge in [0.05, 0.1) is 12.6 Å². The van der Waals surface area contributed by atoms with Crippen LogP contribution in [0, 0.1) is 5.92 Å². The molecule has 0 spiro atoms. The van der Waals surface area contributed by atoms with E-state index in [0.717, 1.165) is 31.9 Å². The summed E-state index contributed by atoms with van der Waals surface area (Å²) in [6.45, 7) is 4.24. The van der Waals surface area contributed by atoms with Crippen LogP contribution in [-0.2, 0) is 9.53 Å². The van der Waals surface area contributed by atoms with Crippen molar-refractivity contribution in [3.63, 3.8) is 0 Å². The highest BCUT2D eigenvalue weighted by Gasteiger charge is 2.30. The summed E-state index contributed by atoms with van der Waals surface area (Å²) in [5, 5.41) is 6.21. The predicted molar refractivity (Wildman–Crippen MR) is 62.2 cm³/mol. The van der Waals surface area contributed by atoms with Crippen LogP contribution in [0.1, 0.15) is 32.6 Å². The van der Waals surface area contributed by atoms with E-state index in [-0.39, 0.29) is 5.91 Å². The van der Waals surface area contributed by atoms with Crippen molar-refractivity contribution < 1.29 is 9.53 Å². The third-order valence-corrected chi connectivity index (χ3v) is 3.28. The van der Waals surface area contributed by atoms with E-state index >= 15 is 0 Å². The first kappa shape index (κ1) is 11.9. The molecule has 4 heteroatoms. The van der Waals surface area contributed by atoms with Crippen LogP contribution in [-0.4, -0.2) is 37.7 Å². The molecule has 0 unspecified atom stereocenters. The fourth-order valence-corrected chi connectivity index (χ4v) is 2.05. The summed E-state index contributed by atoms with van der Waals surface area (Å²) in [4.78, 5) is 11.5. The van der Waals surface area contributed by atoms with Gasteiger partial charge in [-0.1, -0.05) is 0 Å². The van der Waals surface area contributed by atoms with Gasteiger partial charge < -0.3 is 15.4 Å². The van der Waals surface area contributed by atoms with E-state index in [9.17, 15) is 4.79 Å². The maximum Gasteiger partial charge on any atom is 0.234 e. The summed E-state index contributed by atoms with van der Waals surface area (Å²) in [7, 11) is 0. The molecule has 2 saturated carbocycles. The summed E-state index contributed by atoms with van der Waals surface area (Å²) in [6, 6.07) is 0.340. The maximum absolute atomic E-state index is 11.5. The maximum atomic E-state index is 11.5. The third kappa shape index (κ3) is 3.76. The van der Waals surface area contributed by atoms with Gasteiger partial charge >= 0.3 is 0 Å². The van der Waals surface area contributed by atoms with Gasteiger partial charge in [-0.25, -0.2) is 0 Å². The summed E-state index contributed by atoms with van der Waals surface area (Å²) in [6.07, 6.45) is 4.97. The average Bonchev–Trinajstić information content (AvgIpc) is 2.98. The zero-order chi connectivity index (χ0) is 11.4. The zero-order valence-electron chi connectivity index (χ0n) is 10.00. The minimum atomic E-state index is 0.126. The Morgan fingerprint density at radius 3 is 2.75 bits per heavy atom. The lowest BCUT2D eigenvalue weighted by Gasteiger charge is -2.35. The number of carbonyl (C=O) groups is 1. The van der Waals surface area contributed by atoms with Crippen molar-refractivity contribution in [1.29, 1.82) is 0 Å². The fourth-order valence-electron chi connectivity index (χ4n) is 2.05. The quantitative estimate of drug-likeness (QED) is 0.671. The highest BCUT2D eigenvalue weighted by Crippen LogP contribution is 2.27. The van der Waals surface area contributed by atoms with Gasteiger partial charge in [0.2, 0.25) is 5.91 Å². The molecule has 0 aromatic heterocycles. The van der Waals surface area contributed by atoms with Crippen molar-refractivity contribution >= 4 is 5.91 Å². The molecule has 16 heavy (non-hydrogen) atoms. The lowest BCUT2D eigenvalue weighted by molar-refractivity contribution is -0.122. The Morgan fingerprint density at radius 1 is 1.38 bits per heavy atom. The van der Waals surface area contributed by atoms with E-state index in [0.29, 0.717) is 18.7 Å². The Bertz CT molecular complexity index is 235. The smallest absolute Gasteiger partial charge is 0.234 e. The summed E-state index contributed by atoms with van der Waals surface area (Å²) in [5.41, 5.74) is 0. The molecule has 92 valence electrons. The van der Waals surface area contributed by atoms with E-state index in [1.807, 2.05) is 6.92 Å². The van der Waals surface area contributed by atoms with Gasteiger partial charge in [-0.15, -0.1) is 0 Å². The van der Waals surface area contributed by atoms with Gasteiger partial charge in [-0.3, -0.25) is 4.79 Å². The van der Waals surface area contributed by atoms with Crippen LogP contribution < -0.4 is 10.6 Å². The SMILES string of the molecule is CCOC1CC(NC(=O)CNCC2CC2)C1. The Morgan fingerprint density at radius 2 is 2.12 bits per heavy atom. The molecule has 2 rings (SSSR count). The molecule has 0 heterocycles. The van der Waals surface area contributed by atoms with Crippen molar-refractivity contribution in [2.75, 3.05) is 19.7 Å². The number of nitrogens with one attached hydrogen (secondary N) is 2. The van der Waals surface area contributed by atoms with Crippen molar-refractivity contribution in [3.8, 4) is 0 Å². The number of rotatable bonds is 7. The summed E-state index contributed by atoms with van der Waals surface area (Å²) in [5.74, 6) is 0.958. The van der Waals surface area contributed by atoms with E-state index in [1.54, 1.807) is 0 Å². The Balaban J connectivity index is 1.47. The van der Waals surface area contributed by atoms with Crippen LogP contribution in [0.15, 0.2) is 0 Å². The van der Waals surface area contributed by atoms with Crippen molar-refractivity contribution in [2.24, 2.45) is 5.92 Å². The first-order valence-corrected chi connectivity index (χ1v) is 6.39. The molecule has 0 aromatic carbocycles. The molecule has 2 fully saturated rings. The molecule has 1 amide bonds. The zero-order valence-corrected chi connectivity index (χ0v) is 10.00. The molecular formula is C12H22N2O2. The molecule has 2 aliphatic carbocycles. The second-order valence-corrected chi connectivity index (χ2v) is 4.89. The second kappa shape index (κ2) is 5.64. The number of carbonyl (C=O) groups excluding carboxylic acids is 1. The molecule has 0 atom stereocenters. The molecule has 0 saturated heterocycles. The highest BCUT2D eigenvalue weighted by atomic mass is 16.5. The third-order valence-electron chi connectivity index (χ3n) is 3.28. The minimum absolute atomic E-state index is 0.126. The van der Waals surface area contributed by atoms with Crippen LogP contribution in [0.3, 0.4) is 0 Å². The number of hydrogen-bond acceptors (Lipinski definition) is 3. The van der Waals surface area contributed by atoms with Crippen LogP contribution in [0.5, 0.6) is 0 Å². The molecule has 0 radical (unpaired) electrons. The molecule has 4 nitrogen and oxygen atoms in total. The van der Waals surface area contributed by atoms with Crippen molar-refractivity contribution in [2.45, 2.75) is 44.8 Å². The Labute approximate surface area is 97.1 Å². The molecule has 0 aliphatic heterocycles. The molecule has 0 bridgehead atoms. The number of hydrogen-bond donors (Lipinski definition) is 2. The number of ether oxygens (including phenoxy) is 1. The molecule has 2 N–H and O–H groups in total. The lowest BCUT2D eigenvalue weighted by Crippen LogP contribution is -2.50.